The van der Waals surface area contributed by atoms with Crippen LogP contribution in [0.5, 0.6) is 5.75 Å². The molecule has 3 aromatic rings. The van der Waals surface area contributed by atoms with E-state index in [2.05, 4.69) is 22.1 Å². The number of aromatic nitrogens is 3. The van der Waals surface area contributed by atoms with Gasteiger partial charge < -0.3 is 20.5 Å². The summed E-state index contributed by atoms with van der Waals surface area (Å²) in [6, 6.07) is 7.50. The number of primary amides is 1. The first kappa shape index (κ1) is 27.0. The summed E-state index contributed by atoms with van der Waals surface area (Å²) < 4.78 is 12.4. The van der Waals surface area contributed by atoms with E-state index in [0.717, 1.165) is 22.6 Å². The van der Waals surface area contributed by atoms with Crippen molar-refractivity contribution in [2.75, 3.05) is 24.3 Å². The summed E-state index contributed by atoms with van der Waals surface area (Å²) in [5.74, 6) is -0.328. The number of nitrogens with zero attached hydrogens (tertiary/aromatic N) is 3. The predicted molar refractivity (Wildman–Crippen MR) is 140 cm³/mol. The highest BCUT2D eigenvalue weighted by molar-refractivity contribution is 7.99. The summed E-state index contributed by atoms with van der Waals surface area (Å²) in [6.45, 7) is 10.2. The van der Waals surface area contributed by atoms with E-state index in [9.17, 15) is 14.4 Å². The lowest BCUT2D eigenvalue weighted by Gasteiger charge is -2.09. The Kier molecular flexibility index (Phi) is 9.25. The smallest absolute Gasteiger partial charge is 0.341 e. The first-order valence-corrected chi connectivity index (χ1v) is 12.9. The first-order chi connectivity index (χ1) is 17.3. The molecule has 0 saturated carbocycles. The van der Waals surface area contributed by atoms with Crippen molar-refractivity contribution in [3.63, 3.8) is 0 Å². The highest BCUT2D eigenvalue weighted by Crippen LogP contribution is 2.34. The number of rotatable bonds is 12. The average Bonchev–Trinajstić information content (AvgIpc) is 3.39. The van der Waals surface area contributed by atoms with Crippen molar-refractivity contribution in [2.45, 2.75) is 32.5 Å². The SMILES string of the molecule is C=CCn1c(SCC(=O)Nc2sc(C(N)=O)c(C)c2C(=O)OCC)nnc1-c1ccc(OCC)cc1. The summed E-state index contributed by atoms with van der Waals surface area (Å²) in [7, 11) is 0. The molecule has 0 spiro atoms. The number of hydrogen-bond acceptors (Lipinski definition) is 9. The number of esters is 1. The van der Waals surface area contributed by atoms with Gasteiger partial charge in [0, 0.05) is 12.1 Å². The van der Waals surface area contributed by atoms with Crippen LogP contribution < -0.4 is 15.8 Å². The minimum Gasteiger partial charge on any atom is -0.494 e. The fourth-order valence-corrected chi connectivity index (χ4v) is 5.16. The number of nitrogens with one attached hydrogen (secondary N) is 1. The predicted octanol–water partition coefficient (Wildman–Crippen LogP) is 3.91. The summed E-state index contributed by atoms with van der Waals surface area (Å²) >= 11 is 2.13. The van der Waals surface area contributed by atoms with Crippen molar-refractivity contribution in [1.29, 1.82) is 0 Å². The van der Waals surface area contributed by atoms with Crippen molar-refractivity contribution in [3.05, 3.63) is 52.9 Å². The lowest BCUT2D eigenvalue weighted by molar-refractivity contribution is -0.113. The number of anilines is 1. The van der Waals surface area contributed by atoms with E-state index < -0.39 is 17.8 Å². The van der Waals surface area contributed by atoms with Gasteiger partial charge in [0.1, 0.15) is 10.8 Å². The Morgan fingerprint density at radius 2 is 1.92 bits per heavy atom. The molecule has 12 heteroatoms. The largest absolute Gasteiger partial charge is 0.494 e. The van der Waals surface area contributed by atoms with Crippen LogP contribution in [0.3, 0.4) is 0 Å². The Hall–Kier alpha value is -3.64. The van der Waals surface area contributed by atoms with Crippen LogP contribution >= 0.6 is 23.1 Å². The van der Waals surface area contributed by atoms with Crippen molar-refractivity contribution in [2.24, 2.45) is 5.73 Å². The Labute approximate surface area is 216 Å². The zero-order chi connectivity index (χ0) is 26.2. The maximum Gasteiger partial charge on any atom is 0.341 e. The second kappa shape index (κ2) is 12.4. The third-order valence-electron chi connectivity index (χ3n) is 4.89. The normalized spacial score (nSPS) is 10.6. The number of hydrogen-bond donors (Lipinski definition) is 2. The molecule has 0 radical (unpaired) electrons. The molecule has 36 heavy (non-hydrogen) atoms. The molecule has 0 bridgehead atoms. The minimum atomic E-state index is -0.683. The van der Waals surface area contributed by atoms with Crippen LogP contribution in [0.25, 0.3) is 11.4 Å². The van der Waals surface area contributed by atoms with Crippen LogP contribution in [0, 0.1) is 6.92 Å². The molecule has 0 aliphatic carbocycles. The first-order valence-electron chi connectivity index (χ1n) is 11.1. The van der Waals surface area contributed by atoms with Crippen molar-refractivity contribution in [1.82, 2.24) is 14.8 Å². The molecule has 0 aliphatic heterocycles. The number of thiophene rings is 1. The van der Waals surface area contributed by atoms with Gasteiger partial charge in [-0.2, -0.15) is 0 Å². The number of ether oxygens (including phenoxy) is 2. The summed E-state index contributed by atoms with van der Waals surface area (Å²) in [5, 5.41) is 12.0. The molecule has 10 nitrogen and oxygen atoms in total. The Balaban J connectivity index is 1.77. The van der Waals surface area contributed by atoms with E-state index in [4.69, 9.17) is 15.2 Å². The van der Waals surface area contributed by atoms with E-state index >= 15 is 0 Å². The topological polar surface area (TPSA) is 138 Å². The summed E-state index contributed by atoms with van der Waals surface area (Å²) in [5.41, 5.74) is 6.77. The Morgan fingerprint density at radius 3 is 2.53 bits per heavy atom. The number of amides is 2. The fourth-order valence-electron chi connectivity index (χ4n) is 3.35. The molecule has 190 valence electrons. The van der Waals surface area contributed by atoms with Crippen LogP contribution in [-0.4, -0.2) is 51.5 Å². The van der Waals surface area contributed by atoms with Gasteiger partial charge in [-0.3, -0.25) is 14.2 Å². The molecule has 2 aromatic heterocycles. The lowest BCUT2D eigenvalue weighted by Crippen LogP contribution is -2.17. The van der Waals surface area contributed by atoms with E-state index in [1.54, 1.807) is 19.9 Å². The molecule has 2 amide bonds. The van der Waals surface area contributed by atoms with Crippen LogP contribution in [0.15, 0.2) is 42.1 Å². The molecule has 0 atom stereocenters. The van der Waals surface area contributed by atoms with Gasteiger partial charge in [0.2, 0.25) is 5.91 Å². The molecule has 0 unspecified atom stereocenters. The second-order valence-corrected chi connectivity index (χ2v) is 9.31. The van der Waals surface area contributed by atoms with Gasteiger partial charge in [0.05, 0.1) is 29.4 Å². The molecule has 2 heterocycles. The third kappa shape index (κ3) is 6.13. The lowest BCUT2D eigenvalue weighted by atomic mass is 10.1. The van der Waals surface area contributed by atoms with Gasteiger partial charge in [0.15, 0.2) is 11.0 Å². The van der Waals surface area contributed by atoms with Gasteiger partial charge in [-0.1, -0.05) is 17.8 Å². The molecule has 1 aromatic carbocycles. The van der Waals surface area contributed by atoms with E-state index in [0.29, 0.717) is 29.7 Å². The van der Waals surface area contributed by atoms with Gasteiger partial charge in [-0.25, -0.2) is 4.79 Å². The zero-order valence-corrected chi connectivity index (χ0v) is 21.8. The van der Waals surface area contributed by atoms with E-state index in [1.165, 1.54) is 11.8 Å². The minimum absolute atomic E-state index is 0.0102. The van der Waals surface area contributed by atoms with E-state index in [1.807, 2.05) is 35.8 Å². The monoisotopic (exact) mass is 529 g/mol. The molecular formula is C24H27N5O5S2. The molecule has 3 rings (SSSR count). The van der Waals surface area contributed by atoms with Gasteiger partial charge >= 0.3 is 5.97 Å². The number of carbonyl (C=O) groups excluding carboxylic acids is 3. The van der Waals surface area contributed by atoms with Gasteiger partial charge in [0.25, 0.3) is 5.91 Å². The Morgan fingerprint density at radius 1 is 1.19 bits per heavy atom. The highest BCUT2D eigenvalue weighted by Gasteiger charge is 2.26. The van der Waals surface area contributed by atoms with Crippen LogP contribution in [0.4, 0.5) is 5.00 Å². The third-order valence-corrected chi connectivity index (χ3v) is 7.08. The summed E-state index contributed by atoms with van der Waals surface area (Å²) in [6.07, 6.45) is 1.72. The molecule has 0 fully saturated rings. The van der Waals surface area contributed by atoms with Crippen LogP contribution in [-0.2, 0) is 16.1 Å². The molecule has 3 N–H and O–H groups in total. The van der Waals surface area contributed by atoms with E-state index in [-0.39, 0.29) is 27.8 Å². The number of carbonyl (C=O) groups is 3. The number of allylic oxidation sites excluding steroid dienone is 1. The number of thioether (sulfide) groups is 1. The average molecular weight is 530 g/mol. The van der Waals surface area contributed by atoms with Gasteiger partial charge in [-0.05, 0) is 50.6 Å². The molecule has 0 saturated heterocycles. The quantitative estimate of drug-likeness (QED) is 0.205. The fraction of sp³-hybridized carbons (Fsp3) is 0.292. The van der Waals surface area contributed by atoms with Gasteiger partial charge in [-0.15, -0.1) is 28.1 Å². The molecule has 0 aliphatic rings. The highest BCUT2D eigenvalue weighted by atomic mass is 32.2. The molecular weight excluding hydrogens is 502 g/mol. The number of benzene rings is 1. The van der Waals surface area contributed by atoms with Crippen molar-refractivity contribution < 1.29 is 23.9 Å². The van der Waals surface area contributed by atoms with Crippen molar-refractivity contribution in [3.8, 4) is 17.1 Å². The second-order valence-electron chi connectivity index (χ2n) is 7.34. The van der Waals surface area contributed by atoms with Crippen molar-refractivity contribution >= 4 is 45.9 Å². The number of nitrogens with two attached hydrogens (primary N) is 1. The zero-order valence-electron chi connectivity index (χ0n) is 20.2. The maximum atomic E-state index is 12.8. The Bertz CT molecular complexity index is 1270. The summed E-state index contributed by atoms with van der Waals surface area (Å²) in [4.78, 5) is 37.2. The van der Waals surface area contributed by atoms with Crippen LogP contribution in [0.2, 0.25) is 0 Å². The standard InChI is InChI=1S/C24H27N5O5S2/c1-5-12-29-21(15-8-10-16(11-9-15)33-6-2)27-28-24(29)35-13-17(30)26-22-18(23(32)34-7-3)14(4)19(36-22)20(25)31/h5,8-11H,1,6-7,12-13H2,2-4H3,(H2,25,31)(H,26,30). The maximum absolute atomic E-state index is 12.8. The van der Waals surface area contributed by atoms with Crippen LogP contribution in [0.1, 0.15) is 39.4 Å².